The second-order valence-corrected chi connectivity index (χ2v) is 5.99. The molecule has 1 aromatic rings. The highest BCUT2D eigenvalue weighted by atomic mass is 32.1. The Hall–Kier alpha value is -1.35. The van der Waals surface area contributed by atoms with Crippen LogP contribution in [0.3, 0.4) is 0 Å². The molecular weight excluding hydrogens is 286 g/mol. The summed E-state index contributed by atoms with van der Waals surface area (Å²) < 4.78 is 5.08. The molecule has 1 rings (SSSR count). The van der Waals surface area contributed by atoms with Crippen molar-refractivity contribution in [3.8, 4) is 11.8 Å². The molecule has 0 radical (unpaired) electrons. The minimum absolute atomic E-state index is 0.00375. The van der Waals surface area contributed by atoms with Gasteiger partial charge in [0.05, 0.1) is 13.2 Å². The van der Waals surface area contributed by atoms with Crippen LogP contribution < -0.4 is 0 Å². The Balaban J connectivity index is 2.88. The zero-order chi connectivity index (χ0) is 15.7. The number of aliphatic hydroxyl groups is 1. The van der Waals surface area contributed by atoms with Crippen LogP contribution in [0.1, 0.15) is 35.5 Å². The molecule has 0 spiro atoms. The van der Waals surface area contributed by atoms with E-state index < -0.39 is 0 Å². The summed E-state index contributed by atoms with van der Waals surface area (Å²) >= 11 is 1.41. The van der Waals surface area contributed by atoms with Crippen molar-refractivity contribution in [2.24, 2.45) is 5.92 Å². The molecule has 21 heavy (non-hydrogen) atoms. The van der Waals surface area contributed by atoms with Crippen molar-refractivity contribution in [3.05, 3.63) is 21.9 Å². The second kappa shape index (κ2) is 9.56. The van der Waals surface area contributed by atoms with Crippen molar-refractivity contribution in [2.75, 3.05) is 33.4 Å². The molecule has 5 heteroatoms. The number of thiophene rings is 1. The van der Waals surface area contributed by atoms with E-state index in [2.05, 4.69) is 25.7 Å². The van der Waals surface area contributed by atoms with Gasteiger partial charge < -0.3 is 14.7 Å². The van der Waals surface area contributed by atoms with Crippen molar-refractivity contribution in [1.29, 1.82) is 0 Å². The van der Waals surface area contributed by atoms with Crippen LogP contribution in [-0.2, 0) is 4.74 Å². The summed E-state index contributed by atoms with van der Waals surface area (Å²) in [4.78, 5) is 15.1. The first-order chi connectivity index (χ1) is 10.1. The summed E-state index contributed by atoms with van der Waals surface area (Å²) in [6, 6.07) is 1.85. The summed E-state index contributed by atoms with van der Waals surface area (Å²) in [7, 11) is 1.63. The number of amides is 1. The van der Waals surface area contributed by atoms with Gasteiger partial charge in [-0.05, 0) is 17.4 Å². The molecule has 0 saturated heterocycles. The molecule has 1 aromatic heterocycles. The molecule has 1 N–H and O–H groups in total. The fourth-order valence-electron chi connectivity index (χ4n) is 1.85. The van der Waals surface area contributed by atoms with E-state index in [1.54, 1.807) is 7.11 Å². The van der Waals surface area contributed by atoms with E-state index in [1.165, 1.54) is 11.3 Å². The molecule has 0 aliphatic rings. The van der Waals surface area contributed by atoms with Gasteiger partial charge in [-0.1, -0.05) is 25.7 Å². The number of aliphatic hydroxyl groups excluding tert-OH is 1. The first-order valence-electron chi connectivity index (χ1n) is 7.05. The molecule has 0 atom stereocenters. The fraction of sp³-hybridized carbons (Fsp3) is 0.562. The Labute approximate surface area is 130 Å². The normalized spacial score (nSPS) is 10.3. The van der Waals surface area contributed by atoms with Crippen LogP contribution in [0.4, 0.5) is 0 Å². The lowest BCUT2D eigenvalue weighted by atomic mass is 10.2. The maximum atomic E-state index is 12.7. The van der Waals surface area contributed by atoms with Gasteiger partial charge in [0.15, 0.2) is 0 Å². The van der Waals surface area contributed by atoms with E-state index >= 15 is 0 Å². The highest BCUT2D eigenvalue weighted by Crippen LogP contribution is 2.19. The molecule has 0 unspecified atom stereocenters. The van der Waals surface area contributed by atoms with Crippen LogP contribution in [0.2, 0.25) is 0 Å². The highest BCUT2D eigenvalue weighted by Gasteiger charge is 2.20. The number of carbonyl (C=O) groups is 1. The SMILES string of the molecule is COCCN(CC(C)C)C(=O)c1sccc1C#CCCO. The van der Waals surface area contributed by atoms with Gasteiger partial charge in [0, 0.05) is 32.2 Å². The molecule has 0 bridgehead atoms. The standard InChI is InChI=1S/C16H23NO3S/c1-13(2)12-17(8-10-20-3)16(19)15-14(7-11-21-15)6-4-5-9-18/h7,11,13,18H,5,8-10,12H2,1-3H3. The number of carbonyl (C=O) groups excluding carboxylic acids is 1. The maximum Gasteiger partial charge on any atom is 0.265 e. The summed E-state index contributed by atoms with van der Waals surface area (Å²) in [5, 5.41) is 10.6. The largest absolute Gasteiger partial charge is 0.395 e. The third kappa shape index (κ3) is 5.88. The lowest BCUT2D eigenvalue weighted by molar-refractivity contribution is 0.0677. The lowest BCUT2D eigenvalue weighted by Gasteiger charge is -2.24. The Kier molecular flexibility index (Phi) is 8.06. The van der Waals surface area contributed by atoms with Crippen molar-refractivity contribution in [1.82, 2.24) is 4.90 Å². The van der Waals surface area contributed by atoms with Crippen LogP contribution in [0.25, 0.3) is 0 Å². The van der Waals surface area contributed by atoms with Gasteiger partial charge in [-0.2, -0.15) is 0 Å². The van der Waals surface area contributed by atoms with Crippen molar-refractivity contribution >= 4 is 17.2 Å². The first kappa shape index (κ1) is 17.7. The fourth-order valence-corrected chi connectivity index (χ4v) is 2.66. The third-order valence-corrected chi connectivity index (χ3v) is 3.66. The summed E-state index contributed by atoms with van der Waals surface area (Å²) in [5.74, 6) is 6.23. The smallest absolute Gasteiger partial charge is 0.265 e. The van der Waals surface area contributed by atoms with E-state index in [-0.39, 0.29) is 12.5 Å². The predicted molar refractivity (Wildman–Crippen MR) is 85.5 cm³/mol. The van der Waals surface area contributed by atoms with E-state index in [0.717, 1.165) is 5.56 Å². The number of hydrogen-bond donors (Lipinski definition) is 1. The van der Waals surface area contributed by atoms with Crippen molar-refractivity contribution < 1.29 is 14.6 Å². The zero-order valence-electron chi connectivity index (χ0n) is 12.9. The molecule has 1 heterocycles. The Morgan fingerprint density at radius 2 is 2.29 bits per heavy atom. The van der Waals surface area contributed by atoms with Gasteiger partial charge in [-0.25, -0.2) is 0 Å². The number of nitrogens with zero attached hydrogens (tertiary/aromatic N) is 1. The van der Waals surface area contributed by atoms with E-state index in [4.69, 9.17) is 9.84 Å². The van der Waals surface area contributed by atoms with Gasteiger partial charge in [0.25, 0.3) is 5.91 Å². The molecule has 116 valence electrons. The van der Waals surface area contributed by atoms with Crippen molar-refractivity contribution in [3.63, 3.8) is 0 Å². The monoisotopic (exact) mass is 309 g/mol. The molecule has 0 saturated carbocycles. The Bertz CT molecular complexity index is 499. The number of hydrogen-bond acceptors (Lipinski definition) is 4. The average molecular weight is 309 g/mol. The van der Waals surface area contributed by atoms with Gasteiger partial charge in [-0.15, -0.1) is 11.3 Å². The van der Waals surface area contributed by atoms with Gasteiger partial charge in [0.1, 0.15) is 4.88 Å². The van der Waals surface area contributed by atoms with Crippen LogP contribution in [0.5, 0.6) is 0 Å². The molecule has 0 aliphatic carbocycles. The Morgan fingerprint density at radius 1 is 1.52 bits per heavy atom. The maximum absolute atomic E-state index is 12.7. The van der Waals surface area contributed by atoms with E-state index in [1.807, 2.05) is 16.3 Å². The predicted octanol–water partition coefficient (Wildman–Crippen LogP) is 2.23. The van der Waals surface area contributed by atoms with E-state index in [0.29, 0.717) is 36.9 Å². The Morgan fingerprint density at radius 3 is 2.90 bits per heavy atom. The summed E-state index contributed by atoms with van der Waals surface area (Å²) in [6.45, 7) is 6.01. The van der Waals surface area contributed by atoms with E-state index in [9.17, 15) is 4.79 Å². The lowest BCUT2D eigenvalue weighted by Crippen LogP contribution is -2.36. The average Bonchev–Trinajstić information content (AvgIpc) is 2.91. The topological polar surface area (TPSA) is 49.8 Å². The van der Waals surface area contributed by atoms with Crippen molar-refractivity contribution in [2.45, 2.75) is 20.3 Å². The number of methoxy groups -OCH3 is 1. The quantitative estimate of drug-likeness (QED) is 0.786. The summed E-state index contributed by atoms with van der Waals surface area (Å²) in [5.41, 5.74) is 0.740. The molecular formula is C16H23NO3S. The van der Waals surface area contributed by atoms with Gasteiger partial charge in [-0.3, -0.25) is 4.79 Å². The van der Waals surface area contributed by atoms with Crippen LogP contribution in [0.15, 0.2) is 11.4 Å². The minimum Gasteiger partial charge on any atom is -0.395 e. The minimum atomic E-state index is 0.00375. The highest BCUT2D eigenvalue weighted by molar-refractivity contribution is 7.12. The first-order valence-corrected chi connectivity index (χ1v) is 7.93. The zero-order valence-corrected chi connectivity index (χ0v) is 13.7. The molecule has 0 fully saturated rings. The molecule has 4 nitrogen and oxygen atoms in total. The van der Waals surface area contributed by atoms with Gasteiger partial charge >= 0.3 is 0 Å². The molecule has 0 aliphatic heterocycles. The summed E-state index contributed by atoms with van der Waals surface area (Å²) in [6.07, 6.45) is 0.420. The van der Waals surface area contributed by atoms with Crippen LogP contribution >= 0.6 is 11.3 Å². The molecule has 1 amide bonds. The number of rotatable bonds is 7. The van der Waals surface area contributed by atoms with Crippen LogP contribution in [0, 0.1) is 17.8 Å². The van der Waals surface area contributed by atoms with Gasteiger partial charge in [0.2, 0.25) is 0 Å². The van der Waals surface area contributed by atoms with Crippen LogP contribution in [-0.4, -0.2) is 49.3 Å². The second-order valence-electron chi connectivity index (χ2n) is 5.08. The molecule has 0 aromatic carbocycles. The number of ether oxygens (including phenoxy) is 1. The third-order valence-electron chi connectivity index (χ3n) is 2.76.